The number of hydrogen-bond donors (Lipinski definition) is 0. The van der Waals surface area contributed by atoms with Crippen molar-refractivity contribution < 1.29 is 0 Å². The maximum atomic E-state index is 2.40. The number of fused-ring (bicyclic) bond motifs is 4. The number of hydrogen-bond acceptors (Lipinski definition) is 1. The molecule has 0 N–H and O–H groups in total. The van der Waals surface area contributed by atoms with E-state index in [1.807, 2.05) is 0 Å². The van der Waals surface area contributed by atoms with Gasteiger partial charge in [0.2, 0.25) is 0 Å². The molecule has 0 radical (unpaired) electrons. The van der Waals surface area contributed by atoms with Gasteiger partial charge in [0.1, 0.15) is 0 Å². The van der Waals surface area contributed by atoms with E-state index in [-0.39, 0.29) is 0 Å². The first-order valence-corrected chi connectivity index (χ1v) is 21.0. The van der Waals surface area contributed by atoms with Crippen LogP contribution in [0.3, 0.4) is 0 Å². The normalized spacial score (nSPS) is 11.3. The molecular formula is C60H41N. The fraction of sp³-hybridized carbons (Fsp3) is 0. The topological polar surface area (TPSA) is 3.24 Å². The first-order chi connectivity index (χ1) is 30.2. The van der Waals surface area contributed by atoms with Gasteiger partial charge < -0.3 is 4.90 Å². The van der Waals surface area contributed by atoms with Crippen molar-refractivity contribution in [3.05, 3.63) is 249 Å². The van der Waals surface area contributed by atoms with Crippen molar-refractivity contribution in [3.63, 3.8) is 0 Å². The minimum atomic E-state index is 1.09. The van der Waals surface area contributed by atoms with Crippen molar-refractivity contribution in [3.8, 4) is 55.6 Å². The highest BCUT2D eigenvalue weighted by atomic mass is 15.1. The highest BCUT2D eigenvalue weighted by Crippen LogP contribution is 2.46. The number of rotatable bonds is 8. The van der Waals surface area contributed by atoms with E-state index in [2.05, 4.69) is 254 Å². The SMILES string of the molecule is c1ccc(-c2cc(-c3ccccc3)c(-c3cccc(N(c4ccc(-c5cc6ccccc6c6ccccc56)cc4)c4ccc5ccccc5c4)c3)c(-c3ccccc3)c2)cc1. The molecule has 0 aliphatic carbocycles. The largest absolute Gasteiger partial charge is 0.310 e. The lowest BCUT2D eigenvalue weighted by Crippen LogP contribution is -2.10. The predicted molar refractivity (Wildman–Crippen MR) is 261 cm³/mol. The van der Waals surface area contributed by atoms with Gasteiger partial charge in [-0.15, -0.1) is 0 Å². The predicted octanol–water partition coefficient (Wildman–Crippen LogP) is 17.0. The van der Waals surface area contributed by atoms with E-state index in [1.165, 1.54) is 82.4 Å². The molecule has 0 saturated heterocycles. The number of nitrogens with zero attached hydrogens (tertiary/aromatic N) is 1. The summed E-state index contributed by atoms with van der Waals surface area (Å²) in [7, 11) is 0. The molecule has 0 bridgehead atoms. The summed E-state index contributed by atoms with van der Waals surface area (Å²) in [5.41, 5.74) is 15.2. The van der Waals surface area contributed by atoms with Crippen LogP contribution in [-0.2, 0) is 0 Å². The molecule has 0 heterocycles. The summed E-state index contributed by atoms with van der Waals surface area (Å²) in [4.78, 5) is 2.40. The van der Waals surface area contributed by atoms with Crippen LogP contribution in [0.5, 0.6) is 0 Å². The lowest BCUT2D eigenvalue weighted by Gasteiger charge is -2.27. The quantitative estimate of drug-likeness (QED) is 0.139. The smallest absolute Gasteiger partial charge is 0.0468 e. The molecule has 286 valence electrons. The second-order valence-corrected chi connectivity index (χ2v) is 15.7. The van der Waals surface area contributed by atoms with Crippen molar-refractivity contribution in [1.29, 1.82) is 0 Å². The van der Waals surface area contributed by atoms with Crippen LogP contribution in [0.4, 0.5) is 17.1 Å². The van der Waals surface area contributed by atoms with Crippen LogP contribution in [-0.4, -0.2) is 0 Å². The number of benzene rings is 11. The first-order valence-electron chi connectivity index (χ1n) is 21.0. The Hall–Kier alpha value is -8.00. The van der Waals surface area contributed by atoms with Gasteiger partial charge in [-0.1, -0.05) is 194 Å². The summed E-state index contributed by atoms with van der Waals surface area (Å²) in [6.07, 6.45) is 0. The van der Waals surface area contributed by atoms with Crippen molar-refractivity contribution in [2.24, 2.45) is 0 Å². The Kier molecular flexibility index (Phi) is 9.26. The Balaban J connectivity index is 1.11. The first kappa shape index (κ1) is 36.1. The van der Waals surface area contributed by atoms with E-state index >= 15 is 0 Å². The standard InChI is InChI=1S/C60H41N/c1-4-17-42(18-5-1)50-40-58(44-20-6-2-7-21-44)60(59(41-50)45-22-8-3-9-23-45)49-26-16-27-52(38-49)61(53-36-31-43-19-10-11-24-47(43)37-53)51-34-32-46(33-35-51)57-39-48-25-12-13-28-54(48)55-29-14-15-30-56(55)57/h1-41H. The Morgan fingerprint density at radius 3 is 1.38 bits per heavy atom. The number of anilines is 3. The maximum Gasteiger partial charge on any atom is 0.0468 e. The van der Waals surface area contributed by atoms with Crippen LogP contribution in [0.15, 0.2) is 249 Å². The molecule has 0 spiro atoms. The van der Waals surface area contributed by atoms with Gasteiger partial charge in [-0.25, -0.2) is 0 Å². The molecule has 0 aromatic heterocycles. The molecule has 61 heavy (non-hydrogen) atoms. The Morgan fingerprint density at radius 1 is 0.213 bits per heavy atom. The van der Waals surface area contributed by atoms with Crippen LogP contribution >= 0.6 is 0 Å². The van der Waals surface area contributed by atoms with E-state index < -0.39 is 0 Å². The molecule has 11 rings (SSSR count). The average molecular weight is 776 g/mol. The molecule has 0 aliphatic heterocycles. The molecule has 0 saturated carbocycles. The second kappa shape index (κ2) is 15.6. The van der Waals surface area contributed by atoms with Gasteiger partial charge in [-0.05, 0) is 143 Å². The lowest BCUT2D eigenvalue weighted by atomic mass is 9.84. The highest BCUT2D eigenvalue weighted by Gasteiger charge is 2.20. The molecular weight excluding hydrogens is 735 g/mol. The van der Waals surface area contributed by atoms with Crippen molar-refractivity contribution >= 4 is 49.4 Å². The molecule has 0 aliphatic rings. The fourth-order valence-corrected chi connectivity index (χ4v) is 9.09. The molecule has 11 aromatic carbocycles. The second-order valence-electron chi connectivity index (χ2n) is 15.7. The van der Waals surface area contributed by atoms with E-state index in [4.69, 9.17) is 0 Å². The maximum absolute atomic E-state index is 2.40. The minimum Gasteiger partial charge on any atom is -0.310 e. The van der Waals surface area contributed by atoms with E-state index in [1.54, 1.807) is 0 Å². The molecule has 1 nitrogen and oxygen atoms in total. The van der Waals surface area contributed by atoms with Gasteiger partial charge >= 0.3 is 0 Å². The van der Waals surface area contributed by atoms with E-state index in [0.717, 1.165) is 22.6 Å². The van der Waals surface area contributed by atoms with Crippen molar-refractivity contribution in [1.82, 2.24) is 0 Å². The third kappa shape index (κ3) is 6.83. The van der Waals surface area contributed by atoms with E-state index in [9.17, 15) is 0 Å². The summed E-state index contributed by atoms with van der Waals surface area (Å²) in [5.74, 6) is 0. The van der Waals surface area contributed by atoms with Gasteiger partial charge in [-0.2, -0.15) is 0 Å². The Morgan fingerprint density at radius 2 is 0.705 bits per heavy atom. The van der Waals surface area contributed by atoms with Crippen LogP contribution < -0.4 is 4.90 Å². The van der Waals surface area contributed by atoms with Gasteiger partial charge in [-0.3, -0.25) is 0 Å². The third-order valence-corrected chi connectivity index (χ3v) is 12.0. The summed E-state index contributed by atoms with van der Waals surface area (Å²) < 4.78 is 0. The molecule has 0 atom stereocenters. The molecule has 0 amide bonds. The Labute approximate surface area is 357 Å². The third-order valence-electron chi connectivity index (χ3n) is 12.0. The van der Waals surface area contributed by atoms with Crippen LogP contribution in [0.25, 0.3) is 88.0 Å². The zero-order valence-electron chi connectivity index (χ0n) is 33.6. The van der Waals surface area contributed by atoms with Gasteiger partial charge in [0, 0.05) is 17.1 Å². The lowest BCUT2D eigenvalue weighted by molar-refractivity contribution is 1.29. The van der Waals surface area contributed by atoms with Crippen LogP contribution in [0.2, 0.25) is 0 Å². The Bertz CT molecular complexity index is 3270. The van der Waals surface area contributed by atoms with Crippen LogP contribution in [0, 0.1) is 0 Å². The fourth-order valence-electron chi connectivity index (χ4n) is 9.09. The molecule has 0 fully saturated rings. The summed E-state index contributed by atoms with van der Waals surface area (Å²) in [5, 5.41) is 7.48. The van der Waals surface area contributed by atoms with Crippen molar-refractivity contribution in [2.75, 3.05) is 4.90 Å². The summed E-state index contributed by atoms with van der Waals surface area (Å²) in [6.45, 7) is 0. The van der Waals surface area contributed by atoms with Gasteiger partial charge in [0.25, 0.3) is 0 Å². The highest BCUT2D eigenvalue weighted by molar-refractivity contribution is 6.14. The molecule has 11 aromatic rings. The van der Waals surface area contributed by atoms with E-state index in [0.29, 0.717) is 0 Å². The van der Waals surface area contributed by atoms with Crippen LogP contribution in [0.1, 0.15) is 0 Å². The zero-order valence-corrected chi connectivity index (χ0v) is 33.6. The zero-order chi connectivity index (χ0) is 40.5. The van der Waals surface area contributed by atoms with Gasteiger partial charge in [0.05, 0.1) is 0 Å². The molecule has 1 heteroatoms. The summed E-state index contributed by atoms with van der Waals surface area (Å²) in [6, 6.07) is 90.6. The monoisotopic (exact) mass is 775 g/mol. The molecule has 0 unspecified atom stereocenters. The summed E-state index contributed by atoms with van der Waals surface area (Å²) >= 11 is 0. The minimum absolute atomic E-state index is 1.09. The van der Waals surface area contributed by atoms with Crippen molar-refractivity contribution in [2.45, 2.75) is 0 Å². The van der Waals surface area contributed by atoms with Gasteiger partial charge in [0.15, 0.2) is 0 Å². The average Bonchev–Trinajstić information content (AvgIpc) is 3.34.